The maximum atomic E-state index is 12.8. The fourth-order valence-electron chi connectivity index (χ4n) is 3.32. The van der Waals surface area contributed by atoms with Crippen LogP contribution in [0.1, 0.15) is 48.8 Å². The summed E-state index contributed by atoms with van der Waals surface area (Å²) in [6.07, 6.45) is 0.548. The molecule has 1 heterocycles. The lowest BCUT2D eigenvalue weighted by molar-refractivity contribution is -0.137. The highest BCUT2D eigenvalue weighted by molar-refractivity contribution is 5.66. The summed E-state index contributed by atoms with van der Waals surface area (Å²) in [7, 11) is 0. The first-order chi connectivity index (χ1) is 15.8. The maximum Gasteiger partial charge on any atom is 0.416 e. The normalized spacial score (nSPS) is 12.2. The van der Waals surface area contributed by atoms with E-state index in [4.69, 9.17) is 14.4 Å². The van der Waals surface area contributed by atoms with Crippen molar-refractivity contribution in [2.75, 3.05) is 6.54 Å². The molecule has 5 nitrogen and oxygen atoms in total. The minimum absolute atomic E-state index is 0.158. The largest absolute Gasteiger partial charge is 0.487 e. The molecular weight excluding hydrogens is 433 g/mol. The number of aromatic nitrogens is 1. The number of ether oxygens (including phenoxy) is 1. The molecule has 176 valence electrons. The van der Waals surface area contributed by atoms with Gasteiger partial charge >= 0.3 is 6.18 Å². The molecule has 2 N–H and O–H groups in total. The van der Waals surface area contributed by atoms with Crippen molar-refractivity contribution in [1.82, 2.24) is 10.5 Å². The Morgan fingerprint density at radius 1 is 1.18 bits per heavy atom. The van der Waals surface area contributed by atoms with Gasteiger partial charge in [0.05, 0.1) is 5.56 Å². The van der Waals surface area contributed by atoms with Gasteiger partial charge in [-0.2, -0.15) is 13.2 Å². The van der Waals surface area contributed by atoms with Crippen molar-refractivity contribution < 1.29 is 27.5 Å². The van der Waals surface area contributed by atoms with E-state index in [1.807, 2.05) is 30.3 Å². The molecular formula is C25H27F3N2O3. The SMILES string of the molecule is CCCC/C(=C\CNO)c1cccc(OCc2nc(-c3ccc(C(F)(F)F)cc3)oc2C)c1. The Kier molecular flexibility index (Phi) is 8.30. The Bertz CT molecular complexity index is 1070. The van der Waals surface area contributed by atoms with Gasteiger partial charge in [0.1, 0.15) is 23.8 Å². The Morgan fingerprint density at radius 3 is 2.61 bits per heavy atom. The predicted octanol–water partition coefficient (Wildman–Crippen LogP) is 6.80. The fraction of sp³-hybridized carbons (Fsp3) is 0.320. The van der Waals surface area contributed by atoms with Crippen LogP contribution < -0.4 is 10.2 Å². The molecule has 0 radical (unpaired) electrons. The maximum absolute atomic E-state index is 12.8. The van der Waals surface area contributed by atoms with Crippen molar-refractivity contribution in [3.63, 3.8) is 0 Å². The lowest BCUT2D eigenvalue weighted by Crippen LogP contribution is -2.06. The molecule has 3 aromatic rings. The van der Waals surface area contributed by atoms with Crippen molar-refractivity contribution in [2.24, 2.45) is 0 Å². The molecule has 0 aliphatic rings. The summed E-state index contributed by atoms with van der Waals surface area (Å²) < 4.78 is 49.9. The van der Waals surface area contributed by atoms with E-state index in [0.29, 0.717) is 29.3 Å². The number of halogens is 3. The van der Waals surface area contributed by atoms with Gasteiger partial charge < -0.3 is 14.4 Å². The molecule has 0 atom stereocenters. The molecule has 0 unspecified atom stereocenters. The van der Waals surface area contributed by atoms with Crippen molar-refractivity contribution in [3.05, 3.63) is 77.2 Å². The minimum atomic E-state index is -4.39. The minimum Gasteiger partial charge on any atom is -0.487 e. The quantitative estimate of drug-likeness (QED) is 0.326. The third-order valence-electron chi connectivity index (χ3n) is 5.17. The van der Waals surface area contributed by atoms with E-state index in [9.17, 15) is 13.2 Å². The number of benzene rings is 2. The first kappa shape index (κ1) is 24.5. The average molecular weight is 460 g/mol. The molecule has 0 bridgehead atoms. The average Bonchev–Trinajstić information content (AvgIpc) is 3.18. The second-order valence-corrected chi connectivity index (χ2v) is 7.61. The van der Waals surface area contributed by atoms with Crippen molar-refractivity contribution in [2.45, 2.75) is 45.9 Å². The van der Waals surface area contributed by atoms with Gasteiger partial charge in [0.15, 0.2) is 0 Å². The molecule has 3 rings (SSSR count). The molecule has 0 aliphatic carbocycles. The summed E-state index contributed by atoms with van der Waals surface area (Å²) in [5, 5.41) is 8.93. The Hall–Kier alpha value is -3.10. The van der Waals surface area contributed by atoms with Gasteiger partial charge in [-0.25, -0.2) is 10.5 Å². The van der Waals surface area contributed by atoms with E-state index in [1.54, 1.807) is 6.92 Å². The van der Waals surface area contributed by atoms with Crippen LogP contribution in [0, 0.1) is 6.92 Å². The van der Waals surface area contributed by atoms with E-state index in [1.165, 1.54) is 12.1 Å². The number of allylic oxidation sites excluding steroid dienone is 1. The van der Waals surface area contributed by atoms with Crippen molar-refractivity contribution in [1.29, 1.82) is 0 Å². The third kappa shape index (κ3) is 6.69. The first-order valence-electron chi connectivity index (χ1n) is 10.7. The van der Waals surface area contributed by atoms with Crippen molar-refractivity contribution >= 4 is 5.57 Å². The second kappa shape index (κ2) is 11.2. The Morgan fingerprint density at radius 2 is 1.94 bits per heavy atom. The standard InChI is InChI=1S/C25H27F3N2O3/c1-3-4-6-18(13-14-29-31)20-7-5-8-22(15-20)32-16-23-17(2)33-24(30-23)19-9-11-21(12-10-19)25(26,27)28/h5,7-13,15,29,31H,3-4,6,14,16H2,1-2H3/b18-13+. The lowest BCUT2D eigenvalue weighted by atomic mass is 9.99. The van der Waals surface area contributed by atoms with Gasteiger partial charge in [0.25, 0.3) is 0 Å². The molecule has 8 heteroatoms. The number of unbranched alkanes of at least 4 members (excludes halogenated alkanes) is 1. The smallest absolute Gasteiger partial charge is 0.416 e. The molecule has 1 aromatic heterocycles. The third-order valence-corrected chi connectivity index (χ3v) is 5.17. The molecule has 0 aliphatic heterocycles. The second-order valence-electron chi connectivity index (χ2n) is 7.61. The highest BCUT2D eigenvalue weighted by Gasteiger charge is 2.30. The summed E-state index contributed by atoms with van der Waals surface area (Å²) in [6, 6.07) is 12.4. The van der Waals surface area contributed by atoms with Gasteiger partial charge in [-0.3, -0.25) is 0 Å². The zero-order valence-electron chi connectivity index (χ0n) is 18.6. The Balaban J connectivity index is 1.72. The Labute approximate surface area is 190 Å². The van der Waals surface area contributed by atoms with E-state index in [-0.39, 0.29) is 12.5 Å². The van der Waals surface area contributed by atoms with Gasteiger partial charge in [0, 0.05) is 12.1 Å². The van der Waals surface area contributed by atoms with Gasteiger partial charge in [-0.15, -0.1) is 0 Å². The number of hydroxylamine groups is 1. The number of hydrogen-bond acceptors (Lipinski definition) is 5. The molecule has 2 aromatic carbocycles. The summed E-state index contributed by atoms with van der Waals surface area (Å²) in [4.78, 5) is 4.41. The van der Waals surface area contributed by atoms with Crippen LogP contribution in [0.25, 0.3) is 17.0 Å². The van der Waals surface area contributed by atoms with Crippen LogP contribution in [-0.4, -0.2) is 16.7 Å². The van der Waals surface area contributed by atoms with Gasteiger partial charge in [-0.1, -0.05) is 31.6 Å². The topological polar surface area (TPSA) is 67.5 Å². The van der Waals surface area contributed by atoms with Crippen LogP contribution in [0.4, 0.5) is 13.2 Å². The van der Waals surface area contributed by atoms with Gasteiger partial charge in [0.2, 0.25) is 5.89 Å². The number of rotatable bonds is 10. The summed E-state index contributed by atoms with van der Waals surface area (Å²) in [6.45, 7) is 4.38. The number of hydrogen-bond donors (Lipinski definition) is 2. The van der Waals surface area contributed by atoms with Crippen LogP contribution in [0.3, 0.4) is 0 Å². The van der Waals surface area contributed by atoms with Crippen LogP contribution in [0.15, 0.2) is 59.0 Å². The van der Waals surface area contributed by atoms with Gasteiger partial charge in [-0.05, 0) is 67.3 Å². The number of nitrogens with zero attached hydrogens (tertiary/aromatic N) is 1. The van der Waals surface area contributed by atoms with E-state index in [0.717, 1.165) is 42.5 Å². The molecule has 0 spiro atoms. The molecule has 0 fully saturated rings. The monoisotopic (exact) mass is 460 g/mol. The van der Waals surface area contributed by atoms with Crippen LogP contribution in [-0.2, 0) is 12.8 Å². The number of alkyl halides is 3. The lowest BCUT2D eigenvalue weighted by Gasteiger charge is -2.11. The summed E-state index contributed by atoms with van der Waals surface area (Å²) in [5.74, 6) is 1.44. The number of nitrogens with one attached hydrogen (secondary N) is 1. The fourth-order valence-corrected chi connectivity index (χ4v) is 3.32. The van der Waals surface area contributed by atoms with E-state index in [2.05, 4.69) is 17.4 Å². The van der Waals surface area contributed by atoms with E-state index < -0.39 is 11.7 Å². The number of aryl methyl sites for hydroxylation is 1. The van der Waals surface area contributed by atoms with Crippen LogP contribution in [0.5, 0.6) is 5.75 Å². The van der Waals surface area contributed by atoms with Crippen LogP contribution >= 0.6 is 0 Å². The zero-order chi connectivity index (χ0) is 23.8. The highest BCUT2D eigenvalue weighted by Crippen LogP contribution is 2.31. The molecule has 0 saturated heterocycles. The summed E-state index contributed by atoms with van der Waals surface area (Å²) >= 11 is 0. The first-order valence-corrected chi connectivity index (χ1v) is 10.7. The van der Waals surface area contributed by atoms with Crippen molar-refractivity contribution in [3.8, 4) is 17.2 Å². The molecule has 33 heavy (non-hydrogen) atoms. The molecule has 0 saturated carbocycles. The number of oxazole rings is 1. The highest BCUT2D eigenvalue weighted by atomic mass is 19.4. The van der Waals surface area contributed by atoms with Crippen LogP contribution in [0.2, 0.25) is 0 Å². The predicted molar refractivity (Wildman–Crippen MR) is 120 cm³/mol. The summed E-state index contributed by atoms with van der Waals surface area (Å²) in [5.41, 5.74) is 4.59. The van der Waals surface area contributed by atoms with E-state index >= 15 is 0 Å². The molecule has 0 amide bonds. The zero-order valence-corrected chi connectivity index (χ0v) is 18.6.